The third kappa shape index (κ3) is 4.75. The van der Waals surface area contributed by atoms with Crippen molar-refractivity contribution in [3.05, 3.63) is 112 Å². The summed E-state index contributed by atoms with van der Waals surface area (Å²) in [4.78, 5) is 18.2. The van der Waals surface area contributed by atoms with Gasteiger partial charge in [-0.15, -0.1) is 0 Å². The topological polar surface area (TPSA) is 59.8 Å². The molecule has 2 aromatic heterocycles. The molecule has 5 rings (SSSR count). The Hall–Kier alpha value is -3.96. The lowest BCUT2D eigenvalue weighted by molar-refractivity contribution is 0.0952. The number of carbonyl (C=O) groups excluding carboxylic acids is 1. The molecule has 5 nitrogen and oxygen atoms in total. The molecule has 0 unspecified atom stereocenters. The fraction of sp³-hybridized carbons (Fsp3) is 0.167. The molecule has 180 valence electrons. The molecule has 6 heteroatoms. The monoisotopic (exact) mass is 494 g/mol. The number of para-hydroxylation sites is 1. The Kier molecular flexibility index (Phi) is 6.57. The van der Waals surface area contributed by atoms with E-state index in [1.54, 1.807) is 0 Å². The number of hydrogen-bond acceptors (Lipinski definition) is 3. The second-order valence-corrected chi connectivity index (χ2v) is 9.62. The summed E-state index contributed by atoms with van der Waals surface area (Å²) >= 11 is 6.10. The van der Waals surface area contributed by atoms with Crippen LogP contribution in [0.1, 0.15) is 46.9 Å². The van der Waals surface area contributed by atoms with Crippen molar-refractivity contribution < 1.29 is 4.79 Å². The van der Waals surface area contributed by atoms with Crippen molar-refractivity contribution in [3.8, 4) is 16.9 Å². The van der Waals surface area contributed by atoms with Crippen LogP contribution in [0.15, 0.2) is 85.1 Å². The maximum Gasteiger partial charge on any atom is 0.252 e. The Balaban J connectivity index is 1.50. The molecule has 0 spiro atoms. The van der Waals surface area contributed by atoms with Gasteiger partial charge in [-0.2, -0.15) is 5.10 Å². The molecular weight excluding hydrogens is 468 g/mol. The van der Waals surface area contributed by atoms with Crippen LogP contribution in [0.3, 0.4) is 0 Å². The van der Waals surface area contributed by atoms with Crippen LogP contribution < -0.4 is 5.32 Å². The number of fused-ring (bicyclic) bond motifs is 1. The maximum absolute atomic E-state index is 13.3. The Morgan fingerprint density at radius 2 is 1.78 bits per heavy atom. The number of aromatic nitrogens is 3. The average molecular weight is 495 g/mol. The predicted molar refractivity (Wildman–Crippen MR) is 146 cm³/mol. The largest absolute Gasteiger partial charge is 0.348 e. The lowest BCUT2D eigenvalue weighted by atomic mass is 10.0. The van der Waals surface area contributed by atoms with Crippen molar-refractivity contribution in [2.45, 2.75) is 33.2 Å². The van der Waals surface area contributed by atoms with Gasteiger partial charge in [0.2, 0.25) is 0 Å². The van der Waals surface area contributed by atoms with Crippen molar-refractivity contribution in [3.63, 3.8) is 0 Å². The average Bonchev–Trinajstić information content (AvgIpc) is 3.27. The van der Waals surface area contributed by atoms with Gasteiger partial charge in [-0.3, -0.25) is 4.79 Å². The number of nitrogens with one attached hydrogen (secondary N) is 1. The summed E-state index contributed by atoms with van der Waals surface area (Å²) in [5, 5.41) is 9.11. The molecule has 0 atom stereocenters. The number of halogens is 1. The minimum Gasteiger partial charge on any atom is -0.348 e. The maximum atomic E-state index is 13.3. The molecule has 0 saturated heterocycles. The van der Waals surface area contributed by atoms with Crippen LogP contribution in [-0.4, -0.2) is 20.7 Å². The lowest BCUT2D eigenvalue weighted by Gasteiger charge is -2.11. The number of benzene rings is 3. The van der Waals surface area contributed by atoms with E-state index >= 15 is 0 Å². The first-order chi connectivity index (χ1) is 17.4. The van der Waals surface area contributed by atoms with E-state index in [-0.39, 0.29) is 5.91 Å². The number of pyridine rings is 1. The molecule has 5 aromatic rings. The Labute approximate surface area is 215 Å². The van der Waals surface area contributed by atoms with Gasteiger partial charge >= 0.3 is 0 Å². The first kappa shape index (κ1) is 23.8. The summed E-state index contributed by atoms with van der Waals surface area (Å²) in [6.45, 7) is 6.77. The molecule has 0 bridgehead atoms. The highest BCUT2D eigenvalue weighted by atomic mass is 35.5. The summed E-state index contributed by atoms with van der Waals surface area (Å²) in [6.07, 6.45) is 1.82. The van der Waals surface area contributed by atoms with Crippen molar-refractivity contribution in [1.82, 2.24) is 20.1 Å². The number of carbonyl (C=O) groups is 1. The van der Waals surface area contributed by atoms with E-state index in [9.17, 15) is 4.79 Å². The van der Waals surface area contributed by atoms with E-state index in [2.05, 4.69) is 48.5 Å². The lowest BCUT2D eigenvalue weighted by Crippen LogP contribution is -2.23. The van der Waals surface area contributed by atoms with Crippen molar-refractivity contribution >= 4 is 28.4 Å². The quantitative estimate of drug-likeness (QED) is 0.274. The fourth-order valence-electron chi connectivity index (χ4n) is 4.35. The molecule has 1 N–H and O–H groups in total. The molecule has 0 saturated carbocycles. The molecule has 0 aliphatic rings. The third-order valence-corrected chi connectivity index (χ3v) is 6.63. The van der Waals surface area contributed by atoms with Crippen molar-refractivity contribution in [2.75, 3.05) is 0 Å². The minimum absolute atomic E-state index is 0.163. The van der Waals surface area contributed by atoms with Crippen LogP contribution in [0.5, 0.6) is 0 Å². The SMILES string of the molecule is Cc1c(-c2cc(C(=O)NCc3cccc(Cl)c3)c3ccccc3n2)cnn1-c1ccc(C(C)C)cc1. The molecule has 36 heavy (non-hydrogen) atoms. The highest BCUT2D eigenvalue weighted by Gasteiger charge is 2.17. The molecule has 3 aromatic carbocycles. The van der Waals surface area contributed by atoms with E-state index in [0.29, 0.717) is 28.7 Å². The highest BCUT2D eigenvalue weighted by Crippen LogP contribution is 2.28. The molecule has 0 fully saturated rings. The van der Waals surface area contributed by atoms with Gasteiger partial charge in [-0.05, 0) is 60.4 Å². The van der Waals surface area contributed by atoms with Crippen LogP contribution in [-0.2, 0) is 6.54 Å². The smallest absolute Gasteiger partial charge is 0.252 e. The molecular formula is C30H27ClN4O. The van der Waals surface area contributed by atoms with E-state index in [1.165, 1.54) is 5.56 Å². The number of hydrogen-bond donors (Lipinski definition) is 1. The van der Waals surface area contributed by atoms with E-state index < -0.39 is 0 Å². The summed E-state index contributed by atoms with van der Waals surface area (Å²) in [5.74, 6) is 0.308. The highest BCUT2D eigenvalue weighted by molar-refractivity contribution is 6.30. The zero-order chi connectivity index (χ0) is 25.2. The molecule has 0 aliphatic heterocycles. The van der Waals surface area contributed by atoms with Crippen molar-refractivity contribution in [2.24, 2.45) is 0 Å². The van der Waals surface area contributed by atoms with Gasteiger partial charge in [0, 0.05) is 22.5 Å². The zero-order valence-corrected chi connectivity index (χ0v) is 21.3. The van der Waals surface area contributed by atoms with Crippen LogP contribution in [0.2, 0.25) is 5.02 Å². The second kappa shape index (κ2) is 9.96. The second-order valence-electron chi connectivity index (χ2n) is 9.19. The van der Waals surface area contributed by atoms with Crippen LogP contribution in [0.4, 0.5) is 0 Å². The summed E-state index contributed by atoms with van der Waals surface area (Å²) in [5.41, 5.74) is 7.11. The minimum atomic E-state index is -0.163. The molecule has 2 heterocycles. The predicted octanol–water partition coefficient (Wildman–Crippen LogP) is 7.10. The Bertz CT molecular complexity index is 1550. The Morgan fingerprint density at radius 1 is 1.00 bits per heavy atom. The van der Waals surface area contributed by atoms with E-state index in [4.69, 9.17) is 16.6 Å². The Morgan fingerprint density at radius 3 is 2.53 bits per heavy atom. The van der Waals surface area contributed by atoms with Gasteiger partial charge in [0.1, 0.15) is 0 Å². The number of rotatable bonds is 6. The molecule has 1 amide bonds. The molecule has 0 radical (unpaired) electrons. The summed E-state index contributed by atoms with van der Waals surface area (Å²) in [6, 6.07) is 25.5. The van der Waals surface area contributed by atoms with Gasteiger partial charge < -0.3 is 5.32 Å². The van der Waals surface area contributed by atoms with Gasteiger partial charge in [0.25, 0.3) is 5.91 Å². The van der Waals surface area contributed by atoms with Gasteiger partial charge in [-0.1, -0.05) is 67.9 Å². The van der Waals surface area contributed by atoms with Crippen LogP contribution in [0.25, 0.3) is 27.8 Å². The summed E-state index contributed by atoms with van der Waals surface area (Å²) in [7, 11) is 0. The first-order valence-electron chi connectivity index (χ1n) is 12.0. The van der Waals surface area contributed by atoms with Gasteiger partial charge in [0.05, 0.1) is 34.4 Å². The van der Waals surface area contributed by atoms with E-state index in [0.717, 1.165) is 33.4 Å². The standard InChI is InChI=1S/C30H27ClN4O/c1-19(2)22-11-13-24(14-12-22)35-20(3)27(18-33-35)29-16-26(25-9-4-5-10-28(25)34-29)30(36)32-17-21-7-6-8-23(31)15-21/h4-16,18-19H,17H2,1-3H3,(H,32,36). The summed E-state index contributed by atoms with van der Waals surface area (Å²) < 4.78 is 1.91. The van der Waals surface area contributed by atoms with Crippen LogP contribution in [0, 0.1) is 6.92 Å². The normalized spacial score (nSPS) is 11.2. The number of nitrogens with zero attached hydrogens (tertiary/aromatic N) is 3. The number of amides is 1. The van der Waals surface area contributed by atoms with Crippen molar-refractivity contribution in [1.29, 1.82) is 0 Å². The van der Waals surface area contributed by atoms with Gasteiger partial charge in [0.15, 0.2) is 0 Å². The first-order valence-corrected chi connectivity index (χ1v) is 12.4. The van der Waals surface area contributed by atoms with Gasteiger partial charge in [-0.25, -0.2) is 9.67 Å². The van der Waals surface area contributed by atoms with Crippen LogP contribution >= 0.6 is 11.6 Å². The zero-order valence-electron chi connectivity index (χ0n) is 20.5. The fourth-order valence-corrected chi connectivity index (χ4v) is 4.56. The molecule has 0 aliphatic carbocycles. The van der Waals surface area contributed by atoms with E-state index in [1.807, 2.05) is 72.4 Å². The third-order valence-electron chi connectivity index (χ3n) is 6.39.